The zero-order valence-corrected chi connectivity index (χ0v) is 12.2. The fourth-order valence-corrected chi connectivity index (χ4v) is 3.55. The van der Waals surface area contributed by atoms with Crippen molar-refractivity contribution in [3.05, 3.63) is 89.7 Å². The smallest absolute Gasteiger partial charge is 0.0365 e. The summed E-state index contributed by atoms with van der Waals surface area (Å²) in [7, 11) is 0. The third-order valence-electron chi connectivity index (χ3n) is 4.61. The van der Waals surface area contributed by atoms with Gasteiger partial charge < -0.3 is 11.5 Å². The topological polar surface area (TPSA) is 52.0 Å². The van der Waals surface area contributed by atoms with Crippen LogP contribution in [-0.4, -0.2) is 0 Å². The van der Waals surface area contributed by atoms with Crippen LogP contribution in [-0.2, 0) is 0 Å². The van der Waals surface area contributed by atoms with E-state index in [1.807, 2.05) is 12.1 Å². The molecule has 0 aliphatic heterocycles. The Balaban J connectivity index is 1.97. The first-order chi connectivity index (χ1) is 10.8. The number of nitrogen functional groups attached to an aromatic ring is 1. The molecular formula is C20H18N2. The van der Waals surface area contributed by atoms with E-state index >= 15 is 0 Å². The van der Waals surface area contributed by atoms with E-state index in [0.29, 0.717) is 0 Å². The number of anilines is 1. The molecule has 22 heavy (non-hydrogen) atoms. The van der Waals surface area contributed by atoms with E-state index in [4.69, 9.17) is 11.5 Å². The molecular weight excluding hydrogens is 268 g/mol. The molecule has 0 amide bonds. The van der Waals surface area contributed by atoms with Crippen LogP contribution in [0.5, 0.6) is 0 Å². The van der Waals surface area contributed by atoms with Crippen LogP contribution in [0.15, 0.2) is 84.1 Å². The minimum absolute atomic E-state index is 0.0901. The maximum absolute atomic E-state index is 6.38. The molecule has 1 unspecified atom stereocenters. The lowest BCUT2D eigenvalue weighted by Crippen LogP contribution is -2.24. The molecule has 2 heteroatoms. The number of nitrogens with two attached hydrogens (primary N) is 2. The van der Waals surface area contributed by atoms with E-state index < -0.39 is 0 Å². The highest BCUT2D eigenvalue weighted by molar-refractivity contribution is 5.91. The van der Waals surface area contributed by atoms with Crippen LogP contribution in [0.1, 0.15) is 11.5 Å². The van der Waals surface area contributed by atoms with Gasteiger partial charge in [0, 0.05) is 23.2 Å². The van der Waals surface area contributed by atoms with E-state index in [-0.39, 0.29) is 11.8 Å². The zero-order chi connectivity index (χ0) is 15.1. The summed E-state index contributed by atoms with van der Waals surface area (Å²) in [6, 6.07) is 12.4. The number of hydrogen-bond donors (Lipinski definition) is 2. The lowest BCUT2D eigenvalue weighted by Gasteiger charge is -2.32. The summed E-state index contributed by atoms with van der Waals surface area (Å²) in [5.74, 6) is 0.343. The number of hydrogen-bond acceptors (Lipinski definition) is 2. The van der Waals surface area contributed by atoms with Crippen LogP contribution < -0.4 is 11.5 Å². The summed E-state index contributed by atoms with van der Waals surface area (Å²) < 4.78 is 0. The summed E-state index contributed by atoms with van der Waals surface area (Å²) in [5, 5.41) is 2.39. The molecule has 0 fully saturated rings. The van der Waals surface area contributed by atoms with Crippen molar-refractivity contribution < 1.29 is 0 Å². The van der Waals surface area contributed by atoms with Crippen molar-refractivity contribution in [2.45, 2.75) is 5.92 Å². The van der Waals surface area contributed by atoms with Gasteiger partial charge in [0.05, 0.1) is 0 Å². The average molecular weight is 286 g/mol. The summed E-state index contributed by atoms with van der Waals surface area (Å²) in [4.78, 5) is 0. The third-order valence-corrected chi connectivity index (χ3v) is 4.61. The Morgan fingerprint density at radius 2 is 1.73 bits per heavy atom. The Morgan fingerprint density at radius 3 is 2.64 bits per heavy atom. The molecule has 0 heterocycles. The molecule has 2 aromatic rings. The SMILES string of the molecule is NC1=CC=C2C=CC=CC2[C@H]1c1c(N)ccc2ccccc12. The van der Waals surface area contributed by atoms with Gasteiger partial charge in [-0.05, 0) is 34.1 Å². The Kier molecular flexibility index (Phi) is 2.90. The van der Waals surface area contributed by atoms with Gasteiger partial charge >= 0.3 is 0 Å². The molecule has 0 spiro atoms. The molecule has 4 rings (SSSR count). The van der Waals surface area contributed by atoms with Gasteiger partial charge in [0.25, 0.3) is 0 Å². The first kappa shape index (κ1) is 13.0. The van der Waals surface area contributed by atoms with Crippen molar-refractivity contribution in [3.8, 4) is 0 Å². The number of allylic oxidation sites excluding steroid dienone is 8. The second-order valence-corrected chi connectivity index (χ2v) is 5.87. The maximum Gasteiger partial charge on any atom is 0.0365 e. The Bertz CT molecular complexity index is 868. The van der Waals surface area contributed by atoms with Crippen LogP contribution in [0.25, 0.3) is 10.8 Å². The molecule has 108 valence electrons. The van der Waals surface area contributed by atoms with Crippen molar-refractivity contribution >= 4 is 16.5 Å². The normalized spacial score (nSPS) is 23.1. The van der Waals surface area contributed by atoms with Crippen molar-refractivity contribution in [2.24, 2.45) is 11.7 Å². The first-order valence-corrected chi connectivity index (χ1v) is 7.55. The second-order valence-electron chi connectivity index (χ2n) is 5.87. The zero-order valence-electron chi connectivity index (χ0n) is 12.2. The first-order valence-electron chi connectivity index (χ1n) is 7.55. The quantitative estimate of drug-likeness (QED) is 0.778. The highest BCUT2D eigenvalue weighted by atomic mass is 14.6. The van der Waals surface area contributed by atoms with Crippen LogP contribution in [0.3, 0.4) is 0 Å². The molecule has 2 nitrogen and oxygen atoms in total. The number of rotatable bonds is 1. The standard InChI is InChI=1S/C20H18N2/c21-17-11-9-13-5-1-3-7-15(13)19(17)20-16-8-4-2-6-14(16)10-12-18(20)22/h1-12,15,19H,21-22H2/t15?,19-/m1/s1. The van der Waals surface area contributed by atoms with Crippen LogP contribution >= 0.6 is 0 Å². The minimum atomic E-state index is 0.0901. The highest BCUT2D eigenvalue weighted by Crippen LogP contribution is 2.44. The van der Waals surface area contributed by atoms with E-state index in [2.05, 4.69) is 60.7 Å². The maximum atomic E-state index is 6.38. The van der Waals surface area contributed by atoms with E-state index in [1.165, 1.54) is 16.3 Å². The minimum Gasteiger partial charge on any atom is -0.402 e. The predicted molar refractivity (Wildman–Crippen MR) is 93.2 cm³/mol. The fraction of sp³-hybridized carbons (Fsp3) is 0.100. The van der Waals surface area contributed by atoms with Gasteiger partial charge in [-0.2, -0.15) is 0 Å². The molecule has 0 aromatic heterocycles. The van der Waals surface area contributed by atoms with Crippen molar-refractivity contribution in [3.63, 3.8) is 0 Å². The van der Waals surface area contributed by atoms with Gasteiger partial charge in [0.1, 0.15) is 0 Å². The molecule has 2 aromatic carbocycles. The lowest BCUT2D eigenvalue weighted by atomic mass is 9.73. The number of fused-ring (bicyclic) bond motifs is 2. The average Bonchev–Trinajstić information content (AvgIpc) is 2.56. The monoisotopic (exact) mass is 286 g/mol. The van der Waals surface area contributed by atoms with Crippen molar-refractivity contribution in [1.29, 1.82) is 0 Å². The molecule has 0 bridgehead atoms. The van der Waals surface area contributed by atoms with Gasteiger partial charge in [-0.25, -0.2) is 0 Å². The molecule has 4 N–H and O–H groups in total. The molecule has 2 aliphatic rings. The van der Waals surface area contributed by atoms with Crippen LogP contribution in [0, 0.1) is 5.92 Å². The second kappa shape index (κ2) is 4.92. The Hall–Kier alpha value is -2.74. The van der Waals surface area contributed by atoms with Crippen LogP contribution in [0.2, 0.25) is 0 Å². The lowest BCUT2D eigenvalue weighted by molar-refractivity contribution is 0.637. The van der Waals surface area contributed by atoms with Gasteiger partial charge in [-0.1, -0.05) is 60.7 Å². The van der Waals surface area contributed by atoms with Gasteiger partial charge in [0.15, 0.2) is 0 Å². The van der Waals surface area contributed by atoms with Gasteiger partial charge in [-0.15, -0.1) is 0 Å². The van der Waals surface area contributed by atoms with Crippen LogP contribution in [0.4, 0.5) is 5.69 Å². The van der Waals surface area contributed by atoms with Gasteiger partial charge in [0.2, 0.25) is 0 Å². The molecule has 0 radical (unpaired) electrons. The number of benzene rings is 2. The largest absolute Gasteiger partial charge is 0.402 e. The predicted octanol–water partition coefficient (Wildman–Crippen LogP) is 4.03. The summed E-state index contributed by atoms with van der Waals surface area (Å²) in [6.07, 6.45) is 12.7. The summed E-state index contributed by atoms with van der Waals surface area (Å²) in [6.45, 7) is 0. The Morgan fingerprint density at radius 1 is 0.864 bits per heavy atom. The fourth-order valence-electron chi connectivity index (χ4n) is 3.55. The van der Waals surface area contributed by atoms with Gasteiger partial charge in [-0.3, -0.25) is 0 Å². The molecule has 0 saturated heterocycles. The summed E-state index contributed by atoms with van der Waals surface area (Å²) >= 11 is 0. The molecule has 2 atom stereocenters. The third kappa shape index (κ3) is 1.88. The Labute approximate surface area is 130 Å². The van der Waals surface area contributed by atoms with Crippen molar-refractivity contribution in [2.75, 3.05) is 5.73 Å². The summed E-state index contributed by atoms with van der Waals surface area (Å²) in [5.41, 5.74) is 16.8. The van der Waals surface area contributed by atoms with E-state index in [1.54, 1.807) is 0 Å². The molecule has 0 saturated carbocycles. The van der Waals surface area contributed by atoms with Crippen molar-refractivity contribution in [1.82, 2.24) is 0 Å². The molecule has 2 aliphatic carbocycles. The highest BCUT2D eigenvalue weighted by Gasteiger charge is 2.31. The van der Waals surface area contributed by atoms with E-state index in [9.17, 15) is 0 Å². The van der Waals surface area contributed by atoms with E-state index in [0.717, 1.165) is 16.9 Å².